The fourth-order valence-corrected chi connectivity index (χ4v) is 3.00. The lowest BCUT2D eigenvalue weighted by Crippen LogP contribution is -2.23. The molecule has 0 saturated heterocycles. The number of fused-ring (bicyclic) bond motifs is 2. The van der Waals surface area contributed by atoms with Gasteiger partial charge >= 0.3 is 0 Å². The van der Waals surface area contributed by atoms with E-state index in [1.807, 2.05) is 42.5 Å². The zero-order valence-corrected chi connectivity index (χ0v) is 12.7. The summed E-state index contributed by atoms with van der Waals surface area (Å²) in [6.07, 6.45) is 0. The minimum atomic E-state index is -0.194. The molecule has 4 nitrogen and oxygen atoms in total. The SMILES string of the molecule is Nc1ccc(O)c2c1C(=O)c1ccccc1C2=Nc1ccccc1. The van der Waals surface area contributed by atoms with Crippen LogP contribution in [0.4, 0.5) is 11.4 Å². The van der Waals surface area contributed by atoms with Gasteiger partial charge in [0.25, 0.3) is 0 Å². The molecule has 1 aliphatic carbocycles. The van der Waals surface area contributed by atoms with Gasteiger partial charge in [0.1, 0.15) is 5.75 Å². The number of carbonyl (C=O) groups is 1. The van der Waals surface area contributed by atoms with Crippen LogP contribution in [0.2, 0.25) is 0 Å². The van der Waals surface area contributed by atoms with E-state index in [9.17, 15) is 9.90 Å². The van der Waals surface area contributed by atoms with Gasteiger partial charge in [-0.1, -0.05) is 42.5 Å². The number of aromatic hydroxyl groups is 1. The highest BCUT2D eigenvalue weighted by atomic mass is 16.3. The van der Waals surface area contributed by atoms with Crippen LogP contribution in [0.25, 0.3) is 0 Å². The lowest BCUT2D eigenvalue weighted by Gasteiger charge is -2.22. The summed E-state index contributed by atoms with van der Waals surface area (Å²) < 4.78 is 0. The normalized spacial score (nSPS) is 14.3. The van der Waals surface area contributed by atoms with Crippen LogP contribution in [0.5, 0.6) is 5.75 Å². The average Bonchev–Trinajstić information content (AvgIpc) is 2.61. The molecule has 0 bridgehead atoms. The van der Waals surface area contributed by atoms with Crippen LogP contribution in [0.15, 0.2) is 71.7 Å². The van der Waals surface area contributed by atoms with Gasteiger partial charge < -0.3 is 10.8 Å². The van der Waals surface area contributed by atoms with Crippen molar-refractivity contribution in [1.29, 1.82) is 0 Å². The first-order chi connectivity index (χ1) is 11.7. The molecule has 3 aromatic carbocycles. The smallest absolute Gasteiger partial charge is 0.196 e. The molecule has 3 aromatic rings. The van der Waals surface area contributed by atoms with E-state index >= 15 is 0 Å². The number of benzene rings is 3. The minimum Gasteiger partial charge on any atom is -0.507 e. The Morgan fingerprint density at radius 3 is 2.21 bits per heavy atom. The fourth-order valence-electron chi connectivity index (χ4n) is 3.00. The quantitative estimate of drug-likeness (QED) is 0.415. The molecule has 0 aromatic heterocycles. The zero-order valence-electron chi connectivity index (χ0n) is 12.7. The van der Waals surface area contributed by atoms with Crippen LogP contribution in [-0.2, 0) is 0 Å². The van der Waals surface area contributed by atoms with Crippen molar-refractivity contribution >= 4 is 22.9 Å². The Kier molecular flexibility index (Phi) is 3.17. The molecule has 0 amide bonds. The lowest BCUT2D eigenvalue weighted by molar-refractivity contribution is 0.103. The molecular weight excluding hydrogens is 300 g/mol. The van der Waals surface area contributed by atoms with Gasteiger partial charge in [-0.25, -0.2) is 4.99 Å². The highest BCUT2D eigenvalue weighted by Gasteiger charge is 2.32. The molecule has 0 saturated carbocycles. The predicted octanol–water partition coefficient (Wildman–Crippen LogP) is 3.69. The summed E-state index contributed by atoms with van der Waals surface area (Å²) in [6.45, 7) is 0. The number of hydrogen-bond donors (Lipinski definition) is 2. The molecule has 0 fully saturated rings. The molecule has 1 aliphatic rings. The first-order valence-electron chi connectivity index (χ1n) is 7.56. The van der Waals surface area contributed by atoms with E-state index in [1.54, 1.807) is 18.2 Å². The molecular formula is C20H14N2O2. The van der Waals surface area contributed by atoms with Gasteiger partial charge in [-0.2, -0.15) is 0 Å². The van der Waals surface area contributed by atoms with E-state index in [2.05, 4.69) is 4.99 Å². The number of nitrogens with two attached hydrogens (primary N) is 1. The van der Waals surface area contributed by atoms with Crippen LogP contribution in [0.3, 0.4) is 0 Å². The Hall–Kier alpha value is -3.40. The predicted molar refractivity (Wildman–Crippen MR) is 94.1 cm³/mol. The van der Waals surface area contributed by atoms with E-state index in [0.717, 1.165) is 5.69 Å². The molecule has 4 rings (SSSR count). The number of carbonyl (C=O) groups excluding carboxylic acids is 1. The van der Waals surface area contributed by atoms with Crippen molar-refractivity contribution in [1.82, 2.24) is 0 Å². The van der Waals surface area contributed by atoms with E-state index in [4.69, 9.17) is 5.73 Å². The molecule has 0 unspecified atom stereocenters. The maximum Gasteiger partial charge on any atom is 0.196 e. The van der Waals surface area contributed by atoms with Crippen molar-refractivity contribution in [3.8, 4) is 5.75 Å². The molecule has 0 heterocycles. The molecule has 0 atom stereocenters. The lowest BCUT2D eigenvalue weighted by atomic mass is 9.82. The highest BCUT2D eigenvalue weighted by molar-refractivity contribution is 6.32. The van der Waals surface area contributed by atoms with Crippen molar-refractivity contribution in [2.75, 3.05) is 5.73 Å². The van der Waals surface area contributed by atoms with Gasteiger partial charge in [0.05, 0.1) is 22.5 Å². The van der Waals surface area contributed by atoms with Crippen molar-refractivity contribution in [2.24, 2.45) is 4.99 Å². The van der Waals surface area contributed by atoms with Crippen molar-refractivity contribution < 1.29 is 9.90 Å². The van der Waals surface area contributed by atoms with Gasteiger partial charge in [0.2, 0.25) is 0 Å². The first-order valence-corrected chi connectivity index (χ1v) is 7.56. The summed E-state index contributed by atoms with van der Waals surface area (Å²) in [4.78, 5) is 17.5. The Morgan fingerprint density at radius 2 is 1.46 bits per heavy atom. The maximum atomic E-state index is 12.8. The van der Waals surface area contributed by atoms with Crippen molar-refractivity contribution in [3.63, 3.8) is 0 Å². The van der Waals surface area contributed by atoms with Crippen LogP contribution < -0.4 is 5.73 Å². The second kappa shape index (κ2) is 5.35. The number of ketones is 1. The van der Waals surface area contributed by atoms with Gasteiger partial charge in [-0.05, 0) is 24.3 Å². The molecule has 0 radical (unpaired) electrons. The number of nitrogen functional groups attached to an aromatic ring is 1. The summed E-state index contributed by atoms with van der Waals surface area (Å²) in [5.74, 6) is -0.197. The zero-order chi connectivity index (χ0) is 16.7. The molecule has 4 heteroatoms. The largest absolute Gasteiger partial charge is 0.507 e. The monoisotopic (exact) mass is 314 g/mol. The third-order valence-corrected chi connectivity index (χ3v) is 4.10. The van der Waals surface area contributed by atoms with Crippen LogP contribution in [0.1, 0.15) is 27.0 Å². The number of aliphatic imine (C=N–C) groups is 1. The summed E-state index contributed by atoms with van der Waals surface area (Å²) in [6, 6.07) is 19.7. The Balaban J connectivity index is 2.08. The fraction of sp³-hybridized carbons (Fsp3) is 0. The summed E-state index contributed by atoms with van der Waals surface area (Å²) >= 11 is 0. The summed E-state index contributed by atoms with van der Waals surface area (Å²) in [7, 11) is 0. The third kappa shape index (κ3) is 2.08. The topological polar surface area (TPSA) is 75.7 Å². The number of rotatable bonds is 1. The van der Waals surface area contributed by atoms with E-state index in [0.29, 0.717) is 33.7 Å². The highest BCUT2D eigenvalue weighted by Crippen LogP contribution is 2.37. The number of para-hydroxylation sites is 1. The number of phenols is 1. The minimum absolute atomic E-state index is 0.00302. The average molecular weight is 314 g/mol. The Labute approximate surface area is 138 Å². The third-order valence-electron chi connectivity index (χ3n) is 4.10. The van der Waals surface area contributed by atoms with Crippen LogP contribution in [0, 0.1) is 0 Å². The van der Waals surface area contributed by atoms with Gasteiger partial charge in [0, 0.05) is 16.8 Å². The molecule has 24 heavy (non-hydrogen) atoms. The molecule has 3 N–H and O–H groups in total. The number of anilines is 1. The van der Waals surface area contributed by atoms with Gasteiger partial charge in [0.15, 0.2) is 5.78 Å². The van der Waals surface area contributed by atoms with Crippen LogP contribution >= 0.6 is 0 Å². The van der Waals surface area contributed by atoms with Crippen molar-refractivity contribution in [2.45, 2.75) is 0 Å². The Bertz CT molecular complexity index is 992. The molecule has 116 valence electrons. The molecule has 0 aliphatic heterocycles. The van der Waals surface area contributed by atoms with E-state index < -0.39 is 0 Å². The van der Waals surface area contributed by atoms with Gasteiger partial charge in [-0.15, -0.1) is 0 Å². The number of hydrogen-bond acceptors (Lipinski definition) is 4. The van der Waals surface area contributed by atoms with E-state index in [1.165, 1.54) is 6.07 Å². The first kappa shape index (κ1) is 14.2. The number of phenolic OH excluding ortho intramolecular Hbond substituents is 1. The second-order valence-electron chi connectivity index (χ2n) is 5.59. The number of nitrogens with zero attached hydrogens (tertiary/aromatic N) is 1. The van der Waals surface area contributed by atoms with Crippen molar-refractivity contribution in [3.05, 3.63) is 89.0 Å². The standard InChI is InChI=1S/C20H14N2O2/c21-15-10-11-16(23)18-17(15)20(24)14-9-5-4-8-13(14)19(18)22-12-6-2-1-3-7-12/h1-11,23H,21H2. The second-order valence-corrected chi connectivity index (χ2v) is 5.59. The Morgan fingerprint density at radius 1 is 0.792 bits per heavy atom. The molecule has 0 spiro atoms. The van der Waals surface area contributed by atoms with Crippen LogP contribution in [-0.4, -0.2) is 16.6 Å². The van der Waals surface area contributed by atoms with Gasteiger partial charge in [-0.3, -0.25) is 4.79 Å². The summed E-state index contributed by atoms with van der Waals surface area (Å²) in [5, 5.41) is 10.4. The van der Waals surface area contributed by atoms with E-state index in [-0.39, 0.29) is 11.5 Å². The summed E-state index contributed by atoms with van der Waals surface area (Å²) in [5.41, 5.74) is 9.59. The maximum absolute atomic E-state index is 12.8.